The Morgan fingerprint density at radius 3 is 2.52 bits per heavy atom. The number of piperidine rings is 1. The van der Waals surface area contributed by atoms with Gasteiger partial charge in [-0.25, -0.2) is 4.98 Å². The maximum Gasteiger partial charge on any atom is 0.265 e. The summed E-state index contributed by atoms with van der Waals surface area (Å²) >= 11 is 7.19. The van der Waals surface area contributed by atoms with Crippen LogP contribution in [0, 0.1) is 5.92 Å². The van der Waals surface area contributed by atoms with Crippen molar-refractivity contribution in [3.05, 3.63) is 64.2 Å². The highest BCUT2D eigenvalue weighted by Crippen LogP contribution is 2.26. The molecule has 0 bridgehead atoms. The second kappa shape index (κ2) is 12.1. The minimum absolute atomic E-state index is 0. The number of halogens is 3. The number of pyridine rings is 2. The number of nitrogens with zero attached hydrogens (tertiary/aromatic N) is 3. The smallest absolute Gasteiger partial charge is 0.265 e. The molecule has 0 aromatic carbocycles. The van der Waals surface area contributed by atoms with E-state index in [1.165, 1.54) is 17.0 Å². The summed E-state index contributed by atoms with van der Waals surface area (Å²) in [5.41, 5.74) is 1.91. The Labute approximate surface area is 203 Å². The van der Waals surface area contributed by atoms with Crippen LogP contribution in [0.2, 0.25) is 4.34 Å². The first-order valence-electron chi connectivity index (χ1n) is 9.59. The number of aromatic nitrogens is 2. The third kappa shape index (κ3) is 6.71. The lowest BCUT2D eigenvalue weighted by Crippen LogP contribution is -2.35. The highest BCUT2D eigenvalue weighted by Gasteiger charge is 2.20. The molecule has 0 saturated carbocycles. The summed E-state index contributed by atoms with van der Waals surface area (Å²) < 4.78 is 0.595. The first kappa shape index (κ1) is 25.2. The van der Waals surface area contributed by atoms with Crippen LogP contribution >= 0.6 is 47.8 Å². The van der Waals surface area contributed by atoms with Gasteiger partial charge in [0.15, 0.2) is 0 Å². The Bertz CT molecular complexity index is 964. The van der Waals surface area contributed by atoms with Gasteiger partial charge in [-0.15, -0.1) is 36.2 Å². The molecule has 0 atom stereocenters. The van der Waals surface area contributed by atoms with E-state index < -0.39 is 0 Å². The third-order valence-corrected chi connectivity index (χ3v) is 6.28. The molecule has 0 radical (unpaired) electrons. The van der Waals surface area contributed by atoms with Crippen molar-refractivity contribution >= 4 is 70.9 Å². The van der Waals surface area contributed by atoms with Crippen molar-refractivity contribution in [1.82, 2.24) is 9.97 Å². The number of carbonyl (C=O) groups is 1. The lowest BCUT2D eigenvalue weighted by molar-refractivity contribution is 0.103. The standard InChI is InChI=1S/C21H22ClN5OS.2ClH/c22-19-4-3-18(29-19)21(28)26-17-2-1-9-24-20(17)25-14-15-7-12-27(13-8-15)16-5-10-23-11-6-16;;/h1-6,9-11,15H,7-8,12-14H2,(H,24,25)(H,26,28);2*1H. The molecule has 1 aliphatic rings. The van der Waals surface area contributed by atoms with Crippen LogP contribution in [0.4, 0.5) is 17.2 Å². The monoisotopic (exact) mass is 499 g/mol. The highest BCUT2D eigenvalue weighted by atomic mass is 35.5. The average molecular weight is 501 g/mol. The van der Waals surface area contributed by atoms with Crippen LogP contribution in [0.15, 0.2) is 55.0 Å². The van der Waals surface area contributed by atoms with E-state index >= 15 is 0 Å². The quantitative estimate of drug-likeness (QED) is 0.460. The minimum atomic E-state index is -0.177. The summed E-state index contributed by atoms with van der Waals surface area (Å²) in [6, 6.07) is 11.2. The Kier molecular flexibility index (Phi) is 9.84. The minimum Gasteiger partial charge on any atom is -0.371 e. The molecule has 166 valence electrons. The van der Waals surface area contributed by atoms with E-state index in [2.05, 4.69) is 37.6 Å². The number of nitrogens with one attached hydrogen (secondary N) is 2. The predicted molar refractivity (Wildman–Crippen MR) is 134 cm³/mol. The van der Waals surface area contributed by atoms with E-state index in [9.17, 15) is 4.79 Å². The molecular weight excluding hydrogens is 477 g/mol. The summed E-state index contributed by atoms with van der Waals surface area (Å²) in [5.74, 6) is 1.08. The van der Waals surface area contributed by atoms with Crippen LogP contribution in [-0.4, -0.2) is 35.5 Å². The normalized spacial score (nSPS) is 13.6. The maximum absolute atomic E-state index is 12.4. The van der Waals surface area contributed by atoms with Crippen LogP contribution < -0.4 is 15.5 Å². The molecule has 0 aliphatic carbocycles. The van der Waals surface area contributed by atoms with Gasteiger partial charge >= 0.3 is 0 Å². The van der Waals surface area contributed by atoms with Gasteiger partial charge in [-0.2, -0.15) is 0 Å². The van der Waals surface area contributed by atoms with Gasteiger partial charge in [0.25, 0.3) is 5.91 Å². The van der Waals surface area contributed by atoms with Gasteiger partial charge in [0.1, 0.15) is 5.82 Å². The number of thiophene rings is 1. The third-order valence-electron chi connectivity index (χ3n) is 5.05. The van der Waals surface area contributed by atoms with Gasteiger partial charge in [-0.3, -0.25) is 9.78 Å². The van der Waals surface area contributed by atoms with Crippen molar-refractivity contribution in [3.8, 4) is 0 Å². The number of carbonyl (C=O) groups excluding carboxylic acids is 1. The van der Waals surface area contributed by atoms with Gasteiger partial charge in [0.2, 0.25) is 0 Å². The van der Waals surface area contributed by atoms with Crippen LogP contribution in [0.1, 0.15) is 22.5 Å². The van der Waals surface area contributed by atoms with Gasteiger partial charge in [0, 0.05) is 43.9 Å². The van der Waals surface area contributed by atoms with Crippen molar-refractivity contribution in [3.63, 3.8) is 0 Å². The van der Waals surface area contributed by atoms with Crippen molar-refractivity contribution in [2.45, 2.75) is 12.8 Å². The molecule has 2 N–H and O–H groups in total. The molecule has 0 unspecified atom stereocenters. The first-order valence-corrected chi connectivity index (χ1v) is 10.8. The lowest BCUT2D eigenvalue weighted by atomic mass is 9.96. The van der Waals surface area contributed by atoms with E-state index in [1.807, 2.05) is 24.5 Å². The molecule has 3 aromatic rings. The molecule has 1 aliphatic heterocycles. The van der Waals surface area contributed by atoms with Crippen LogP contribution in [-0.2, 0) is 0 Å². The molecular formula is C21H24Cl3N5OS. The number of anilines is 3. The number of hydrogen-bond acceptors (Lipinski definition) is 6. The predicted octanol–water partition coefficient (Wildman–Crippen LogP) is 5.62. The van der Waals surface area contributed by atoms with E-state index in [4.69, 9.17) is 11.6 Å². The zero-order valence-electron chi connectivity index (χ0n) is 16.7. The molecule has 1 saturated heterocycles. The molecule has 4 heterocycles. The van der Waals surface area contributed by atoms with Gasteiger partial charge in [-0.05, 0) is 55.2 Å². The SMILES string of the molecule is Cl.Cl.O=C(Nc1cccnc1NCC1CCN(c2ccncc2)CC1)c1ccc(Cl)s1. The fourth-order valence-electron chi connectivity index (χ4n) is 3.46. The topological polar surface area (TPSA) is 70.2 Å². The Morgan fingerprint density at radius 1 is 1.10 bits per heavy atom. The molecule has 31 heavy (non-hydrogen) atoms. The number of amides is 1. The summed E-state index contributed by atoms with van der Waals surface area (Å²) in [6.45, 7) is 2.89. The number of rotatable bonds is 6. The van der Waals surface area contributed by atoms with Crippen molar-refractivity contribution < 1.29 is 4.79 Å². The molecule has 10 heteroatoms. The van der Waals surface area contributed by atoms with Crippen molar-refractivity contribution in [2.75, 3.05) is 35.2 Å². The maximum atomic E-state index is 12.4. The molecule has 0 spiro atoms. The fourth-order valence-corrected chi connectivity index (χ4v) is 4.40. The fraction of sp³-hybridized carbons (Fsp3) is 0.286. The molecule has 1 fully saturated rings. The van der Waals surface area contributed by atoms with Crippen LogP contribution in [0.5, 0.6) is 0 Å². The molecule has 6 nitrogen and oxygen atoms in total. The van der Waals surface area contributed by atoms with Gasteiger partial charge in [-0.1, -0.05) is 11.6 Å². The largest absolute Gasteiger partial charge is 0.371 e. The van der Waals surface area contributed by atoms with E-state index in [0.29, 0.717) is 26.6 Å². The number of hydrogen-bond donors (Lipinski definition) is 2. The Balaban J connectivity index is 0.00000171. The highest BCUT2D eigenvalue weighted by molar-refractivity contribution is 7.18. The van der Waals surface area contributed by atoms with Gasteiger partial charge < -0.3 is 15.5 Å². The molecule has 3 aromatic heterocycles. The van der Waals surface area contributed by atoms with E-state index in [0.717, 1.165) is 32.5 Å². The van der Waals surface area contributed by atoms with Crippen molar-refractivity contribution in [1.29, 1.82) is 0 Å². The first-order chi connectivity index (χ1) is 14.2. The summed E-state index contributed by atoms with van der Waals surface area (Å²) in [5, 5.41) is 6.35. The summed E-state index contributed by atoms with van der Waals surface area (Å²) in [4.78, 5) is 23.9. The summed E-state index contributed by atoms with van der Waals surface area (Å²) in [7, 11) is 0. The second-order valence-electron chi connectivity index (χ2n) is 6.97. The second-order valence-corrected chi connectivity index (χ2v) is 8.69. The zero-order chi connectivity index (χ0) is 20.1. The molecule has 1 amide bonds. The van der Waals surface area contributed by atoms with Crippen molar-refractivity contribution in [2.24, 2.45) is 5.92 Å². The summed E-state index contributed by atoms with van der Waals surface area (Å²) in [6.07, 6.45) is 7.62. The average Bonchev–Trinajstić information content (AvgIpc) is 3.21. The van der Waals surface area contributed by atoms with E-state index in [1.54, 1.807) is 18.3 Å². The zero-order valence-corrected chi connectivity index (χ0v) is 19.9. The molecule has 4 rings (SSSR count). The van der Waals surface area contributed by atoms with E-state index in [-0.39, 0.29) is 30.7 Å². The van der Waals surface area contributed by atoms with Crippen LogP contribution in [0.25, 0.3) is 0 Å². The Morgan fingerprint density at radius 2 is 1.84 bits per heavy atom. The van der Waals surface area contributed by atoms with Gasteiger partial charge in [0.05, 0.1) is 14.9 Å². The van der Waals surface area contributed by atoms with Crippen LogP contribution in [0.3, 0.4) is 0 Å². The Hall–Kier alpha value is -2.06. The lowest BCUT2D eigenvalue weighted by Gasteiger charge is -2.33.